The van der Waals surface area contributed by atoms with Gasteiger partial charge >= 0.3 is 6.03 Å². The summed E-state index contributed by atoms with van der Waals surface area (Å²) in [5.41, 5.74) is 9.25. The molecule has 0 bridgehead atoms. The minimum Gasteiger partial charge on any atom is -0.338 e. The van der Waals surface area contributed by atoms with Gasteiger partial charge in [-0.15, -0.1) is 0 Å². The summed E-state index contributed by atoms with van der Waals surface area (Å²) in [5, 5.41) is 3.61. The second-order valence-corrected chi connectivity index (χ2v) is 8.23. The van der Waals surface area contributed by atoms with Crippen molar-refractivity contribution in [1.29, 1.82) is 0 Å². The quantitative estimate of drug-likeness (QED) is 0.704. The third-order valence-corrected chi connectivity index (χ3v) is 5.84. The molecule has 2 heterocycles. The van der Waals surface area contributed by atoms with Gasteiger partial charge < -0.3 is 15.1 Å². The second kappa shape index (κ2) is 9.04. The number of carbonyl (C=O) groups excluding carboxylic acids is 2. The maximum atomic E-state index is 12.9. The first-order valence-corrected chi connectivity index (χ1v) is 10.6. The molecule has 3 N–H and O–H groups in total. The van der Waals surface area contributed by atoms with Crippen molar-refractivity contribution in [3.8, 4) is 0 Å². The summed E-state index contributed by atoms with van der Waals surface area (Å²) in [6.07, 6.45) is 0.660. The zero-order valence-electron chi connectivity index (χ0n) is 16.9. The van der Waals surface area contributed by atoms with Gasteiger partial charge in [-0.3, -0.25) is 4.79 Å². The Kier molecular flexibility index (Phi) is 6.22. The van der Waals surface area contributed by atoms with E-state index in [0.29, 0.717) is 37.6 Å². The van der Waals surface area contributed by atoms with E-state index in [1.165, 1.54) is 0 Å². The molecule has 0 aromatic heterocycles. The summed E-state index contributed by atoms with van der Waals surface area (Å²) < 4.78 is 0. The maximum absolute atomic E-state index is 12.9. The Morgan fingerprint density at radius 2 is 1.73 bits per heavy atom. The van der Waals surface area contributed by atoms with Crippen molar-refractivity contribution < 1.29 is 9.59 Å². The van der Waals surface area contributed by atoms with Crippen LogP contribution in [0.3, 0.4) is 0 Å². The fourth-order valence-corrected chi connectivity index (χ4v) is 4.13. The van der Waals surface area contributed by atoms with E-state index in [4.69, 9.17) is 11.6 Å². The molecule has 30 heavy (non-hydrogen) atoms. The number of urea groups is 1. The van der Waals surface area contributed by atoms with E-state index in [2.05, 4.69) is 16.2 Å². The summed E-state index contributed by atoms with van der Waals surface area (Å²) in [4.78, 5) is 29.0. The number of benzene rings is 2. The lowest BCUT2D eigenvalue weighted by molar-refractivity contribution is -0.134. The smallest absolute Gasteiger partial charge is 0.321 e. The number of hydrogen-bond donors (Lipinski definition) is 3. The molecule has 2 aromatic rings. The molecule has 0 spiro atoms. The predicted molar refractivity (Wildman–Crippen MR) is 117 cm³/mol. The average molecular weight is 428 g/mol. The van der Waals surface area contributed by atoms with E-state index in [-0.39, 0.29) is 24.0 Å². The van der Waals surface area contributed by atoms with Gasteiger partial charge in [-0.25, -0.2) is 15.6 Å². The number of anilines is 1. The first-order chi connectivity index (χ1) is 14.5. The molecule has 0 aliphatic carbocycles. The minimum atomic E-state index is -0.290. The molecule has 2 unspecified atom stereocenters. The number of hydrogen-bond acceptors (Lipinski definition) is 4. The number of halogens is 1. The topological polar surface area (TPSA) is 76.7 Å². The van der Waals surface area contributed by atoms with Crippen molar-refractivity contribution in [2.75, 3.05) is 31.5 Å². The zero-order chi connectivity index (χ0) is 21.1. The first-order valence-electron chi connectivity index (χ1n) is 10.2. The predicted octanol–water partition coefficient (Wildman–Crippen LogP) is 2.93. The van der Waals surface area contributed by atoms with Gasteiger partial charge in [0.2, 0.25) is 5.91 Å². The number of rotatable bonds is 3. The Morgan fingerprint density at radius 3 is 2.47 bits per heavy atom. The fourth-order valence-electron chi connectivity index (χ4n) is 3.94. The largest absolute Gasteiger partial charge is 0.338 e. The van der Waals surface area contributed by atoms with E-state index in [9.17, 15) is 9.59 Å². The molecule has 158 valence electrons. The van der Waals surface area contributed by atoms with Crippen LogP contribution in [-0.2, 0) is 4.79 Å². The van der Waals surface area contributed by atoms with Crippen LogP contribution in [0.1, 0.15) is 23.6 Å². The van der Waals surface area contributed by atoms with Gasteiger partial charge in [0.05, 0.1) is 0 Å². The third-order valence-electron chi connectivity index (χ3n) is 5.60. The van der Waals surface area contributed by atoms with Gasteiger partial charge in [-0.2, -0.15) is 0 Å². The highest BCUT2D eigenvalue weighted by Gasteiger charge is 2.34. The standard InChI is InChI=1S/C22H26ClN5O2/c1-15-4-2-7-18(12-15)24-22(30)28-10-8-27(9-11-28)21(29)20-14-19(25-26-20)16-5-3-6-17(23)13-16/h2-7,12-13,19-20,25-26H,8-11,14H2,1H3,(H,24,30). The maximum Gasteiger partial charge on any atom is 0.321 e. The van der Waals surface area contributed by atoms with Gasteiger partial charge in [0, 0.05) is 42.9 Å². The molecule has 3 amide bonds. The molecule has 0 saturated carbocycles. The van der Waals surface area contributed by atoms with E-state index in [0.717, 1.165) is 16.8 Å². The van der Waals surface area contributed by atoms with E-state index in [1.807, 2.05) is 60.4 Å². The van der Waals surface area contributed by atoms with Crippen molar-refractivity contribution in [2.45, 2.75) is 25.4 Å². The second-order valence-electron chi connectivity index (χ2n) is 7.80. The molecule has 2 aliphatic rings. The van der Waals surface area contributed by atoms with Crippen LogP contribution in [0, 0.1) is 6.92 Å². The van der Waals surface area contributed by atoms with Crippen molar-refractivity contribution in [1.82, 2.24) is 20.7 Å². The van der Waals surface area contributed by atoms with Crippen LogP contribution in [0.4, 0.5) is 10.5 Å². The Labute approximate surface area is 181 Å². The SMILES string of the molecule is Cc1cccc(NC(=O)N2CCN(C(=O)C3CC(c4cccc(Cl)c4)NN3)CC2)c1. The van der Waals surface area contributed by atoms with Crippen LogP contribution in [0.5, 0.6) is 0 Å². The number of carbonyl (C=O) groups is 2. The summed E-state index contributed by atoms with van der Waals surface area (Å²) in [6.45, 7) is 4.07. The summed E-state index contributed by atoms with van der Waals surface area (Å²) in [5.74, 6) is 0.0609. The molecule has 0 radical (unpaired) electrons. The molecule has 4 rings (SSSR count). The Balaban J connectivity index is 1.28. The molecule has 2 aromatic carbocycles. The molecular formula is C22H26ClN5O2. The van der Waals surface area contributed by atoms with Crippen molar-refractivity contribution in [3.63, 3.8) is 0 Å². The monoisotopic (exact) mass is 427 g/mol. The summed E-state index contributed by atoms with van der Waals surface area (Å²) in [7, 11) is 0. The lowest BCUT2D eigenvalue weighted by Crippen LogP contribution is -2.55. The first kappa shape index (κ1) is 20.7. The Bertz CT molecular complexity index is 929. The minimum absolute atomic E-state index is 0.0408. The lowest BCUT2D eigenvalue weighted by atomic mass is 10.0. The van der Waals surface area contributed by atoms with Crippen LogP contribution < -0.4 is 16.2 Å². The molecule has 2 atom stereocenters. The van der Waals surface area contributed by atoms with Crippen LogP contribution >= 0.6 is 11.6 Å². The van der Waals surface area contributed by atoms with Crippen LogP contribution in [0.2, 0.25) is 5.02 Å². The molecule has 7 nitrogen and oxygen atoms in total. The summed E-state index contributed by atoms with van der Waals surface area (Å²) in [6, 6.07) is 15.0. The van der Waals surface area contributed by atoms with Gasteiger partial charge in [0.15, 0.2) is 0 Å². The number of amides is 3. The number of aryl methyl sites for hydroxylation is 1. The van der Waals surface area contributed by atoms with E-state index in [1.54, 1.807) is 4.90 Å². The summed E-state index contributed by atoms with van der Waals surface area (Å²) >= 11 is 6.08. The van der Waals surface area contributed by atoms with E-state index >= 15 is 0 Å². The highest BCUT2D eigenvalue weighted by Crippen LogP contribution is 2.25. The fraction of sp³-hybridized carbons (Fsp3) is 0.364. The van der Waals surface area contributed by atoms with Crippen molar-refractivity contribution in [3.05, 3.63) is 64.7 Å². The average Bonchev–Trinajstić information content (AvgIpc) is 3.24. The number of hydrazine groups is 1. The van der Waals surface area contributed by atoms with E-state index < -0.39 is 0 Å². The van der Waals surface area contributed by atoms with Crippen LogP contribution in [0.15, 0.2) is 48.5 Å². The zero-order valence-corrected chi connectivity index (χ0v) is 17.7. The Morgan fingerprint density at radius 1 is 1.00 bits per heavy atom. The van der Waals surface area contributed by atoms with Gasteiger partial charge in [-0.05, 0) is 48.7 Å². The number of nitrogens with zero attached hydrogens (tertiary/aromatic N) is 2. The van der Waals surface area contributed by atoms with Crippen LogP contribution in [0.25, 0.3) is 0 Å². The van der Waals surface area contributed by atoms with Crippen molar-refractivity contribution in [2.24, 2.45) is 0 Å². The van der Waals surface area contributed by atoms with Crippen molar-refractivity contribution >= 4 is 29.2 Å². The normalized spacial score (nSPS) is 21.5. The Hall–Kier alpha value is -2.61. The number of piperazine rings is 1. The highest BCUT2D eigenvalue weighted by atomic mass is 35.5. The van der Waals surface area contributed by atoms with Gasteiger partial charge in [0.1, 0.15) is 6.04 Å². The molecular weight excluding hydrogens is 402 g/mol. The lowest BCUT2D eigenvalue weighted by Gasteiger charge is -2.35. The molecule has 8 heteroatoms. The van der Waals surface area contributed by atoms with Crippen LogP contribution in [-0.4, -0.2) is 54.0 Å². The highest BCUT2D eigenvalue weighted by molar-refractivity contribution is 6.30. The molecule has 2 saturated heterocycles. The van der Waals surface area contributed by atoms with Gasteiger partial charge in [-0.1, -0.05) is 35.9 Å². The number of nitrogens with one attached hydrogen (secondary N) is 3. The third kappa shape index (κ3) is 4.75. The molecule has 2 aliphatic heterocycles. The molecule has 2 fully saturated rings. The van der Waals surface area contributed by atoms with Gasteiger partial charge in [0.25, 0.3) is 0 Å².